The molecule has 2 N–H and O–H groups in total. The lowest BCUT2D eigenvalue weighted by Crippen LogP contribution is -2.32. The van der Waals surface area contributed by atoms with Gasteiger partial charge in [0, 0.05) is 31.8 Å². The third-order valence-corrected chi connectivity index (χ3v) is 2.62. The van der Waals surface area contributed by atoms with Crippen LogP contribution in [0.5, 0.6) is 0 Å². The van der Waals surface area contributed by atoms with Gasteiger partial charge in [-0.25, -0.2) is 0 Å². The number of amides is 1. The molecule has 0 unspecified atom stereocenters. The highest BCUT2D eigenvalue weighted by Gasteiger charge is 2.10. The summed E-state index contributed by atoms with van der Waals surface area (Å²) in [6.45, 7) is 8.56. The van der Waals surface area contributed by atoms with Gasteiger partial charge in [0.05, 0.1) is 0 Å². The van der Waals surface area contributed by atoms with E-state index in [0.717, 1.165) is 19.5 Å². The predicted molar refractivity (Wildman–Crippen MR) is 72.9 cm³/mol. The van der Waals surface area contributed by atoms with Gasteiger partial charge >= 0.3 is 0 Å². The molecule has 0 atom stereocenters. The molecule has 0 radical (unpaired) electrons. The van der Waals surface area contributed by atoms with Gasteiger partial charge in [-0.1, -0.05) is 25.9 Å². The van der Waals surface area contributed by atoms with Gasteiger partial charge in [-0.15, -0.1) is 0 Å². The summed E-state index contributed by atoms with van der Waals surface area (Å²) in [5.74, 6) is 1.49. The lowest BCUT2D eigenvalue weighted by atomic mass is 10.2. The minimum Gasteiger partial charge on any atom is -0.355 e. The Hall–Kier alpha value is -1.43. The summed E-state index contributed by atoms with van der Waals surface area (Å²) in [6, 6.07) is 0. The van der Waals surface area contributed by atoms with Crippen LogP contribution in [0.3, 0.4) is 0 Å². The zero-order valence-corrected chi connectivity index (χ0v) is 12.0. The highest BCUT2D eigenvalue weighted by atomic mass is 16.5. The molecule has 0 saturated carbocycles. The fraction of sp³-hybridized carbons (Fsp3) is 0.769. The maximum Gasteiger partial charge on any atom is 0.227 e. The fourth-order valence-electron chi connectivity index (χ4n) is 1.51. The Labute approximate surface area is 114 Å². The molecule has 0 fully saturated rings. The van der Waals surface area contributed by atoms with E-state index in [-0.39, 0.29) is 11.8 Å². The Morgan fingerprint density at radius 3 is 2.74 bits per heavy atom. The zero-order chi connectivity index (χ0) is 14.1. The van der Waals surface area contributed by atoms with E-state index in [1.165, 1.54) is 0 Å². The van der Waals surface area contributed by atoms with Crippen LogP contribution in [0, 0.1) is 0 Å². The van der Waals surface area contributed by atoms with Crippen molar-refractivity contribution in [2.45, 2.75) is 46.0 Å². The summed E-state index contributed by atoms with van der Waals surface area (Å²) < 4.78 is 5.08. The number of nitrogens with one attached hydrogen (secondary N) is 2. The van der Waals surface area contributed by atoms with E-state index >= 15 is 0 Å². The average Bonchev–Trinajstić information content (AvgIpc) is 2.85. The molecule has 108 valence electrons. The summed E-state index contributed by atoms with van der Waals surface area (Å²) in [7, 11) is 0. The van der Waals surface area contributed by atoms with Gasteiger partial charge in [0.2, 0.25) is 11.8 Å². The summed E-state index contributed by atoms with van der Waals surface area (Å²) in [5.41, 5.74) is 0. The van der Waals surface area contributed by atoms with E-state index in [2.05, 4.69) is 27.7 Å². The summed E-state index contributed by atoms with van der Waals surface area (Å²) in [4.78, 5) is 15.8. The Kier molecular flexibility index (Phi) is 7.10. The third kappa shape index (κ3) is 6.33. The Bertz CT molecular complexity index is 376. The van der Waals surface area contributed by atoms with E-state index in [1.807, 2.05) is 13.8 Å². The first-order valence-corrected chi connectivity index (χ1v) is 6.93. The van der Waals surface area contributed by atoms with Crippen molar-refractivity contribution in [3.8, 4) is 0 Å². The maximum atomic E-state index is 11.6. The van der Waals surface area contributed by atoms with Crippen molar-refractivity contribution in [1.29, 1.82) is 0 Å². The number of carbonyl (C=O) groups excluding carboxylic acids is 1. The third-order valence-electron chi connectivity index (χ3n) is 2.62. The quantitative estimate of drug-likeness (QED) is 0.659. The average molecular weight is 268 g/mol. The van der Waals surface area contributed by atoms with Crippen molar-refractivity contribution in [3.05, 3.63) is 11.7 Å². The number of aromatic nitrogens is 2. The highest BCUT2D eigenvalue weighted by Crippen LogP contribution is 2.10. The molecule has 1 heterocycles. The molecule has 1 amide bonds. The van der Waals surface area contributed by atoms with Crippen LogP contribution in [0.25, 0.3) is 0 Å². The smallest absolute Gasteiger partial charge is 0.227 e. The van der Waals surface area contributed by atoms with Crippen molar-refractivity contribution < 1.29 is 9.32 Å². The molecule has 1 rings (SSSR count). The number of aryl methyl sites for hydroxylation is 1. The van der Waals surface area contributed by atoms with Gasteiger partial charge in [-0.3, -0.25) is 4.79 Å². The van der Waals surface area contributed by atoms with E-state index in [0.29, 0.717) is 31.1 Å². The monoisotopic (exact) mass is 268 g/mol. The van der Waals surface area contributed by atoms with Crippen LogP contribution in [0.4, 0.5) is 0 Å². The van der Waals surface area contributed by atoms with Gasteiger partial charge in [0.15, 0.2) is 5.82 Å². The van der Waals surface area contributed by atoms with Gasteiger partial charge in [-0.05, 0) is 13.0 Å². The summed E-state index contributed by atoms with van der Waals surface area (Å²) in [6.07, 6.45) is 1.98. The summed E-state index contributed by atoms with van der Waals surface area (Å²) >= 11 is 0. The standard InChI is InChI=1S/C13H24N4O2/c1-4-7-14-8-9-15-11(18)5-6-12-16-13(10(2)3)17-19-12/h10,14H,4-9H2,1-3H3,(H,15,18). The molecule has 0 aliphatic rings. The van der Waals surface area contributed by atoms with Crippen LogP contribution in [0.15, 0.2) is 4.52 Å². The Morgan fingerprint density at radius 2 is 2.11 bits per heavy atom. The van der Waals surface area contributed by atoms with Crippen LogP contribution in [0.2, 0.25) is 0 Å². The zero-order valence-electron chi connectivity index (χ0n) is 12.0. The van der Waals surface area contributed by atoms with E-state index in [1.54, 1.807) is 0 Å². The van der Waals surface area contributed by atoms with Crippen molar-refractivity contribution in [1.82, 2.24) is 20.8 Å². The first-order valence-electron chi connectivity index (χ1n) is 6.93. The van der Waals surface area contributed by atoms with Crippen molar-refractivity contribution in [3.63, 3.8) is 0 Å². The summed E-state index contributed by atoms with van der Waals surface area (Å²) in [5, 5.41) is 9.94. The fourth-order valence-corrected chi connectivity index (χ4v) is 1.51. The predicted octanol–water partition coefficient (Wildman–Crippen LogP) is 1.24. The van der Waals surface area contributed by atoms with Gasteiger partial charge < -0.3 is 15.2 Å². The number of nitrogens with zero attached hydrogens (tertiary/aromatic N) is 2. The molecule has 6 nitrogen and oxygen atoms in total. The molecule has 0 spiro atoms. The minimum atomic E-state index is 0.0163. The van der Waals surface area contributed by atoms with Gasteiger partial charge in [0.25, 0.3) is 0 Å². The van der Waals surface area contributed by atoms with Gasteiger partial charge in [-0.2, -0.15) is 4.98 Å². The molecule has 0 saturated heterocycles. The Morgan fingerprint density at radius 1 is 1.32 bits per heavy atom. The van der Waals surface area contributed by atoms with Gasteiger partial charge in [0.1, 0.15) is 0 Å². The number of hydrogen-bond acceptors (Lipinski definition) is 5. The van der Waals surface area contributed by atoms with Crippen LogP contribution >= 0.6 is 0 Å². The molecular formula is C13H24N4O2. The number of hydrogen-bond donors (Lipinski definition) is 2. The normalized spacial score (nSPS) is 10.9. The largest absolute Gasteiger partial charge is 0.355 e. The van der Waals surface area contributed by atoms with E-state index in [4.69, 9.17) is 4.52 Å². The molecule has 0 aliphatic carbocycles. The molecule has 6 heteroatoms. The second-order valence-corrected chi connectivity index (χ2v) is 4.80. The molecule has 19 heavy (non-hydrogen) atoms. The first-order chi connectivity index (χ1) is 9.13. The SMILES string of the molecule is CCCNCCNC(=O)CCc1nc(C(C)C)no1. The number of rotatable bonds is 9. The molecule has 0 aliphatic heterocycles. The molecule has 1 aromatic rings. The second kappa shape index (κ2) is 8.63. The topological polar surface area (TPSA) is 80.0 Å². The lowest BCUT2D eigenvalue weighted by Gasteiger charge is -2.04. The molecule has 1 aromatic heterocycles. The van der Waals surface area contributed by atoms with Crippen LogP contribution < -0.4 is 10.6 Å². The lowest BCUT2D eigenvalue weighted by molar-refractivity contribution is -0.121. The van der Waals surface area contributed by atoms with Crippen LogP contribution in [-0.4, -0.2) is 35.7 Å². The second-order valence-electron chi connectivity index (χ2n) is 4.80. The first kappa shape index (κ1) is 15.6. The van der Waals surface area contributed by atoms with Crippen molar-refractivity contribution >= 4 is 5.91 Å². The highest BCUT2D eigenvalue weighted by molar-refractivity contribution is 5.75. The molecular weight excluding hydrogens is 244 g/mol. The van der Waals surface area contributed by atoms with Crippen molar-refractivity contribution in [2.75, 3.05) is 19.6 Å². The minimum absolute atomic E-state index is 0.0163. The van der Waals surface area contributed by atoms with Crippen LogP contribution in [-0.2, 0) is 11.2 Å². The van der Waals surface area contributed by atoms with E-state index in [9.17, 15) is 4.79 Å². The Balaban J connectivity index is 2.15. The van der Waals surface area contributed by atoms with E-state index < -0.39 is 0 Å². The van der Waals surface area contributed by atoms with Crippen LogP contribution in [0.1, 0.15) is 51.2 Å². The molecule has 0 aromatic carbocycles. The number of carbonyl (C=O) groups is 1. The molecule has 0 bridgehead atoms. The van der Waals surface area contributed by atoms with Crippen molar-refractivity contribution in [2.24, 2.45) is 0 Å². The maximum absolute atomic E-state index is 11.6.